The molecule has 5 nitrogen and oxygen atoms in total. The quantitative estimate of drug-likeness (QED) is 0.349. The highest BCUT2D eigenvalue weighted by Gasteiger charge is 2.11. The number of nitrogens with zero attached hydrogens (tertiary/aromatic N) is 2. The van der Waals surface area contributed by atoms with Crippen LogP contribution in [0, 0.1) is 6.92 Å². The molecule has 1 aromatic heterocycles. The van der Waals surface area contributed by atoms with Gasteiger partial charge in [-0.15, -0.1) is 24.0 Å². The van der Waals surface area contributed by atoms with E-state index in [1.807, 2.05) is 43.3 Å². The highest BCUT2D eigenvalue weighted by atomic mass is 127. The molecule has 0 aliphatic carbocycles. The van der Waals surface area contributed by atoms with Gasteiger partial charge in [0.05, 0.1) is 23.8 Å². The topological polar surface area (TPSA) is 58.5 Å². The monoisotopic (exact) mass is 488 g/mol. The zero-order valence-corrected chi connectivity index (χ0v) is 18.4. The molecule has 2 N–H and O–H groups in total. The number of hydrogen-bond donors (Lipinski definition) is 2. The SMILES string of the molecule is CCC(CNC(=NC)NCc1ncccc1C)Oc1ccccc1Cl.I. The van der Waals surface area contributed by atoms with E-state index in [2.05, 4.69) is 27.5 Å². The average molecular weight is 489 g/mol. The molecule has 7 heteroatoms. The van der Waals surface area contributed by atoms with E-state index in [0.29, 0.717) is 29.8 Å². The molecule has 0 bridgehead atoms. The number of rotatable bonds is 7. The first-order chi connectivity index (χ1) is 12.1. The number of benzene rings is 1. The van der Waals surface area contributed by atoms with Crippen molar-refractivity contribution in [2.45, 2.75) is 32.9 Å². The Morgan fingerprint density at radius 2 is 2.00 bits per heavy atom. The third-order valence-electron chi connectivity index (χ3n) is 3.85. The molecule has 0 aliphatic heterocycles. The maximum atomic E-state index is 6.16. The van der Waals surface area contributed by atoms with Crippen LogP contribution in [0.1, 0.15) is 24.6 Å². The highest BCUT2D eigenvalue weighted by molar-refractivity contribution is 14.0. The Labute approximate surface area is 177 Å². The van der Waals surface area contributed by atoms with E-state index in [1.54, 1.807) is 13.2 Å². The molecule has 0 spiro atoms. The second-order valence-corrected chi connectivity index (χ2v) is 6.06. The fourth-order valence-corrected chi connectivity index (χ4v) is 2.47. The van der Waals surface area contributed by atoms with E-state index in [9.17, 15) is 0 Å². The van der Waals surface area contributed by atoms with Gasteiger partial charge in [-0.2, -0.15) is 0 Å². The molecule has 0 amide bonds. The van der Waals surface area contributed by atoms with Crippen LogP contribution < -0.4 is 15.4 Å². The molecule has 0 radical (unpaired) electrons. The van der Waals surface area contributed by atoms with Crippen molar-refractivity contribution in [3.63, 3.8) is 0 Å². The Morgan fingerprint density at radius 3 is 2.65 bits per heavy atom. The number of aromatic nitrogens is 1. The summed E-state index contributed by atoms with van der Waals surface area (Å²) < 4.78 is 5.98. The van der Waals surface area contributed by atoms with Crippen LogP contribution in [0.3, 0.4) is 0 Å². The van der Waals surface area contributed by atoms with Gasteiger partial charge in [-0.3, -0.25) is 9.98 Å². The lowest BCUT2D eigenvalue weighted by Gasteiger charge is -2.20. The van der Waals surface area contributed by atoms with Crippen LogP contribution in [0.2, 0.25) is 5.02 Å². The summed E-state index contributed by atoms with van der Waals surface area (Å²) in [7, 11) is 1.75. The molecule has 1 heterocycles. The lowest BCUT2D eigenvalue weighted by Crippen LogP contribution is -2.42. The normalized spacial score (nSPS) is 12.1. The number of para-hydroxylation sites is 1. The summed E-state index contributed by atoms with van der Waals surface area (Å²) in [6, 6.07) is 11.5. The molecule has 0 saturated carbocycles. The molecule has 1 unspecified atom stereocenters. The fourth-order valence-electron chi connectivity index (χ4n) is 2.29. The Kier molecular flexibility index (Phi) is 10.3. The maximum absolute atomic E-state index is 6.16. The van der Waals surface area contributed by atoms with E-state index in [-0.39, 0.29) is 30.1 Å². The third-order valence-corrected chi connectivity index (χ3v) is 4.16. The summed E-state index contributed by atoms with van der Waals surface area (Å²) in [6.07, 6.45) is 2.65. The first kappa shape index (κ1) is 22.5. The minimum atomic E-state index is -0.00460. The Morgan fingerprint density at radius 1 is 1.23 bits per heavy atom. The predicted molar refractivity (Wildman–Crippen MR) is 119 cm³/mol. The van der Waals surface area contributed by atoms with Crippen LogP contribution in [0.25, 0.3) is 0 Å². The molecule has 2 aromatic rings. The zero-order chi connectivity index (χ0) is 18.1. The minimum Gasteiger partial charge on any atom is -0.487 e. The predicted octanol–water partition coefficient (Wildman–Crippen LogP) is 4.18. The lowest BCUT2D eigenvalue weighted by atomic mass is 10.2. The van der Waals surface area contributed by atoms with Crippen LogP contribution in [0.4, 0.5) is 0 Å². The molecular formula is C19H26ClIN4O. The Bertz CT molecular complexity index is 711. The van der Waals surface area contributed by atoms with Gasteiger partial charge in [-0.05, 0) is 37.1 Å². The Balaban J connectivity index is 0.00000338. The van der Waals surface area contributed by atoms with Gasteiger partial charge < -0.3 is 15.4 Å². The summed E-state index contributed by atoms with van der Waals surface area (Å²) in [4.78, 5) is 8.63. The average Bonchev–Trinajstić information content (AvgIpc) is 2.63. The number of halogens is 2. The van der Waals surface area contributed by atoms with Crippen molar-refractivity contribution < 1.29 is 4.74 Å². The second-order valence-electron chi connectivity index (χ2n) is 5.65. The number of pyridine rings is 1. The van der Waals surface area contributed by atoms with Crippen molar-refractivity contribution in [1.82, 2.24) is 15.6 Å². The van der Waals surface area contributed by atoms with Crippen molar-refractivity contribution in [2.75, 3.05) is 13.6 Å². The van der Waals surface area contributed by atoms with Gasteiger partial charge in [0, 0.05) is 13.2 Å². The third kappa shape index (κ3) is 6.99. The van der Waals surface area contributed by atoms with E-state index >= 15 is 0 Å². The van der Waals surface area contributed by atoms with Gasteiger partial charge in [0.15, 0.2) is 5.96 Å². The first-order valence-corrected chi connectivity index (χ1v) is 8.78. The van der Waals surface area contributed by atoms with Gasteiger partial charge in [-0.1, -0.05) is 36.7 Å². The van der Waals surface area contributed by atoms with E-state index in [0.717, 1.165) is 17.7 Å². The molecule has 1 aromatic carbocycles. The zero-order valence-electron chi connectivity index (χ0n) is 15.3. The number of guanidine groups is 1. The van der Waals surface area contributed by atoms with Crippen molar-refractivity contribution >= 4 is 41.5 Å². The Hall–Kier alpha value is -1.54. The molecule has 2 rings (SSSR count). The van der Waals surface area contributed by atoms with Crippen molar-refractivity contribution in [1.29, 1.82) is 0 Å². The number of aliphatic imine (C=N–C) groups is 1. The van der Waals surface area contributed by atoms with Crippen molar-refractivity contribution in [3.8, 4) is 5.75 Å². The molecule has 0 fully saturated rings. The molecule has 26 heavy (non-hydrogen) atoms. The summed E-state index contributed by atoms with van der Waals surface area (Å²) in [5.41, 5.74) is 2.16. The van der Waals surface area contributed by atoms with Crippen LogP contribution >= 0.6 is 35.6 Å². The number of nitrogens with one attached hydrogen (secondary N) is 2. The summed E-state index contributed by atoms with van der Waals surface area (Å²) in [5.74, 6) is 1.41. The van der Waals surface area contributed by atoms with Gasteiger partial charge in [0.25, 0.3) is 0 Å². The highest BCUT2D eigenvalue weighted by Crippen LogP contribution is 2.24. The van der Waals surface area contributed by atoms with Gasteiger partial charge in [0.1, 0.15) is 11.9 Å². The molecular weight excluding hydrogens is 463 g/mol. The van der Waals surface area contributed by atoms with Crippen molar-refractivity contribution in [2.24, 2.45) is 4.99 Å². The number of ether oxygens (including phenoxy) is 1. The molecule has 0 saturated heterocycles. The standard InChI is InChI=1S/C19H25ClN4O.HI/c1-4-15(25-18-10-6-5-9-16(18)20)12-23-19(21-3)24-13-17-14(2)8-7-11-22-17;/h5-11,15H,4,12-13H2,1-3H3,(H2,21,23,24);1H. The van der Waals surface area contributed by atoms with Crippen LogP contribution in [-0.4, -0.2) is 30.6 Å². The van der Waals surface area contributed by atoms with Gasteiger partial charge in [-0.25, -0.2) is 0 Å². The maximum Gasteiger partial charge on any atom is 0.191 e. The summed E-state index contributed by atoms with van der Waals surface area (Å²) >= 11 is 6.16. The van der Waals surface area contributed by atoms with Crippen LogP contribution in [0.5, 0.6) is 5.75 Å². The lowest BCUT2D eigenvalue weighted by molar-refractivity contribution is 0.199. The number of hydrogen-bond acceptors (Lipinski definition) is 3. The second kappa shape index (κ2) is 12.0. The summed E-state index contributed by atoms with van der Waals surface area (Å²) in [5, 5.41) is 7.19. The van der Waals surface area contributed by atoms with E-state index in [1.165, 1.54) is 0 Å². The van der Waals surface area contributed by atoms with E-state index < -0.39 is 0 Å². The number of aryl methyl sites for hydroxylation is 1. The van der Waals surface area contributed by atoms with Crippen molar-refractivity contribution in [3.05, 3.63) is 58.9 Å². The first-order valence-electron chi connectivity index (χ1n) is 8.40. The van der Waals surface area contributed by atoms with Gasteiger partial charge >= 0.3 is 0 Å². The molecule has 0 aliphatic rings. The smallest absolute Gasteiger partial charge is 0.191 e. The largest absolute Gasteiger partial charge is 0.487 e. The van der Waals surface area contributed by atoms with E-state index in [4.69, 9.17) is 16.3 Å². The van der Waals surface area contributed by atoms with Gasteiger partial charge in [0.2, 0.25) is 0 Å². The molecule has 142 valence electrons. The summed E-state index contributed by atoms with van der Waals surface area (Å²) in [6.45, 7) is 5.37. The van der Waals surface area contributed by atoms with Crippen LogP contribution in [-0.2, 0) is 6.54 Å². The fraction of sp³-hybridized carbons (Fsp3) is 0.368. The minimum absolute atomic E-state index is 0. The molecule has 1 atom stereocenters. The van der Waals surface area contributed by atoms with Crippen LogP contribution in [0.15, 0.2) is 47.6 Å².